The normalized spacial score (nSPS) is 20.4. The molecule has 4 rings (SSSR count). The highest BCUT2D eigenvalue weighted by Crippen LogP contribution is 2.38. The van der Waals surface area contributed by atoms with Crippen LogP contribution in [-0.2, 0) is 12.8 Å². The van der Waals surface area contributed by atoms with Crippen LogP contribution >= 0.6 is 15.9 Å². The third kappa shape index (κ3) is 2.34. The summed E-state index contributed by atoms with van der Waals surface area (Å²) in [6, 6.07) is 13.0. The molecular formula is C18H17BrO2. The van der Waals surface area contributed by atoms with E-state index in [0.29, 0.717) is 6.10 Å². The average Bonchev–Trinajstić information content (AvgIpc) is 3.09. The van der Waals surface area contributed by atoms with Crippen LogP contribution in [0.4, 0.5) is 0 Å². The van der Waals surface area contributed by atoms with Crippen LogP contribution in [0.15, 0.2) is 36.4 Å². The van der Waals surface area contributed by atoms with Crippen LogP contribution in [0.5, 0.6) is 11.5 Å². The van der Waals surface area contributed by atoms with Crippen molar-refractivity contribution in [2.24, 2.45) is 0 Å². The molecule has 2 aromatic carbocycles. The predicted molar refractivity (Wildman–Crippen MR) is 86.6 cm³/mol. The van der Waals surface area contributed by atoms with Gasteiger partial charge < -0.3 is 9.47 Å². The first-order chi connectivity index (χ1) is 10.2. The maximum Gasteiger partial charge on any atom is 0.123 e. The summed E-state index contributed by atoms with van der Waals surface area (Å²) < 4.78 is 11.4. The summed E-state index contributed by atoms with van der Waals surface area (Å²) in [5.74, 6) is 2.07. The second-order valence-corrected chi connectivity index (χ2v) is 6.74. The Bertz CT molecular complexity index is 696. The third-order valence-corrected chi connectivity index (χ3v) is 5.28. The quantitative estimate of drug-likeness (QED) is 0.750. The van der Waals surface area contributed by atoms with Crippen molar-refractivity contribution < 1.29 is 9.47 Å². The van der Waals surface area contributed by atoms with E-state index in [1.54, 1.807) is 0 Å². The van der Waals surface area contributed by atoms with Crippen LogP contribution in [-0.4, -0.2) is 12.7 Å². The minimum atomic E-state index is 0.213. The van der Waals surface area contributed by atoms with Crippen LogP contribution in [0, 0.1) is 0 Å². The van der Waals surface area contributed by atoms with E-state index >= 15 is 0 Å². The predicted octanol–water partition coefficient (Wildman–Crippen LogP) is 4.43. The van der Waals surface area contributed by atoms with E-state index in [1.807, 2.05) is 0 Å². The summed E-state index contributed by atoms with van der Waals surface area (Å²) in [4.78, 5) is 0.213. The number of alkyl halides is 1. The summed E-state index contributed by atoms with van der Waals surface area (Å²) in [6.07, 6.45) is 2.31. The number of benzene rings is 2. The van der Waals surface area contributed by atoms with Crippen molar-refractivity contribution in [2.75, 3.05) is 6.61 Å². The zero-order chi connectivity index (χ0) is 14.4. The lowest BCUT2D eigenvalue weighted by Crippen LogP contribution is -2.05. The van der Waals surface area contributed by atoms with Crippen LogP contribution in [0.1, 0.15) is 34.0 Å². The van der Waals surface area contributed by atoms with Gasteiger partial charge in [-0.2, -0.15) is 0 Å². The lowest BCUT2D eigenvalue weighted by atomic mass is 9.99. The first-order valence-electron chi connectivity index (χ1n) is 7.40. The average molecular weight is 345 g/mol. The van der Waals surface area contributed by atoms with Crippen LogP contribution in [0.25, 0.3) is 0 Å². The Hall–Kier alpha value is -1.48. The molecule has 0 spiro atoms. The van der Waals surface area contributed by atoms with Crippen molar-refractivity contribution >= 4 is 15.9 Å². The molecule has 2 atom stereocenters. The van der Waals surface area contributed by atoms with Gasteiger partial charge in [0.1, 0.15) is 17.6 Å². The van der Waals surface area contributed by atoms with Crippen molar-refractivity contribution in [3.8, 4) is 11.5 Å². The maximum atomic E-state index is 5.78. The van der Waals surface area contributed by atoms with Gasteiger partial charge in [0.2, 0.25) is 0 Å². The van der Waals surface area contributed by atoms with Crippen LogP contribution < -0.4 is 9.47 Å². The summed E-state index contributed by atoms with van der Waals surface area (Å²) in [6.45, 7) is 2.92. The summed E-state index contributed by atoms with van der Waals surface area (Å²) >= 11 is 3.84. The van der Waals surface area contributed by atoms with Gasteiger partial charge in [-0.1, -0.05) is 40.2 Å². The molecule has 0 amide bonds. The van der Waals surface area contributed by atoms with E-state index in [9.17, 15) is 0 Å². The van der Waals surface area contributed by atoms with E-state index in [1.165, 1.54) is 22.3 Å². The molecule has 0 saturated carbocycles. The maximum absolute atomic E-state index is 5.78. The molecule has 0 fully saturated rings. The van der Waals surface area contributed by atoms with Gasteiger partial charge in [0.05, 0.1) is 11.4 Å². The van der Waals surface area contributed by atoms with Crippen molar-refractivity contribution in [3.63, 3.8) is 0 Å². The zero-order valence-electron chi connectivity index (χ0n) is 11.9. The van der Waals surface area contributed by atoms with Gasteiger partial charge in [0.25, 0.3) is 0 Å². The van der Waals surface area contributed by atoms with Gasteiger partial charge in [-0.05, 0) is 41.3 Å². The number of halogens is 1. The molecule has 0 bridgehead atoms. The smallest absolute Gasteiger partial charge is 0.123 e. The molecule has 0 N–H and O–H groups in total. The fraction of sp³-hybridized carbons (Fsp3) is 0.333. The fourth-order valence-electron chi connectivity index (χ4n) is 3.16. The molecule has 0 aromatic heterocycles. The fourth-order valence-corrected chi connectivity index (χ4v) is 3.73. The molecule has 0 aliphatic carbocycles. The molecule has 2 unspecified atom stereocenters. The second kappa shape index (κ2) is 5.06. The molecule has 2 aliphatic rings. The number of ether oxygens (including phenoxy) is 2. The van der Waals surface area contributed by atoms with Gasteiger partial charge in [-0.25, -0.2) is 0 Å². The second-order valence-electron chi connectivity index (χ2n) is 5.83. The Morgan fingerprint density at radius 1 is 1.05 bits per heavy atom. The Morgan fingerprint density at radius 3 is 2.57 bits per heavy atom. The number of rotatable bonds is 2. The minimum Gasteiger partial charge on any atom is -0.493 e. The Kier molecular flexibility index (Phi) is 3.18. The molecule has 2 nitrogen and oxygen atoms in total. The third-order valence-electron chi connectivity index (χ3n) is 4.22. The molecule has 0 radical (unpaired) electrons. The highest BCUT2D eigenvalue weighted by molar-refractivity contribution is 9.09. The molecule has 108 valence electrons. The van der Waals surface area contributed by atoms with Crippen LogP contribution in [0.2, 0.25) is 0 Å². The molecule has 21 heavy (non-hydrogen) atoms. The monoisotopic (exact) mass is 344 g/mol. The topological polar surface area (TPSA) is 18.5 Å². The lowest BCUT2D eigenvalue weighted by molar-refractivity contribution is 0.254. The molecule has 2 aliphatic heterocycles. The van der Waals surface area contributed by atoms with Gasteiger partial charge in [-0.3, -0.25) is 0 Å². The van der Waals surface area contributed by atoms with E-state index in [-0.39, 0.29) is 4.83 Å². The highest BCUT2D eigenvalue weighted by atomic mass is 79.9. The van der Waals surface area contributed by atoms with E-state index in [0.717, 1.165) is 30.9 Å². The Balaban J connectivity index is 1.66. The van der Waals surface area contributed by atoms with Gasteiger partial charge in [0.15, 0.2) is 0 Å². The Labute approximate surface area is 133 Å². The Morgan fingerprint density at radius 2 is 1.76 bits per heavy atom. The van der Waals surface area contributed by atoms with Crippen molar-refractivity contribution in [1.82, 2.24) is 0 Å². The molecule has 3 heteroatoms. The lowest BCUT2D eigenvalue weighted by Gasteiger charge is -2.13. The van der Waals surface area contributed by atoms with Gasteiger partial charge >= 0.3 is 0 Å². The largest absolute Gasteiger partial charge is 0.493 e. The van der Waals surface area contributed by atoms with E-state index in [2.05, 4.69) is 59.3 Å². The van der Waals surface area contributed by atoms with Crippen molar-refractivity contribution in [1.29, 1.82) is 0 Å². The first kappa shape index (κ1) is 13.2. The number of hydrogen-bond donors (Lipinski definition) is 0. The zero-order valence-corrected chi connectivity index (χ0v) is 13.5. The van der Waals surface area contributed by atoms with Crippen molar-refractivity contribution in [3.05, 3.63) is 58.7 Å². The first-order valence-corrected chi connectivity index (χ1v) is 8.31. The number of hydrogen-bond acceptors (Lipinski definition) is 2. The summed E-state index contributed by atoms with van der Waals surface area (Å²) in [7, 11) is 0. The van der Waals surface area contributed by atoms with Crippen LogP contribution in [0.3, 0.4) is 0 Å². The minimum absolute atomic E-state index is 0.213. The summed E-state index contributed by atoms with van der Waals surface area (Å²) in [5.41, 5.74) is 5.19. The van der Waals surface area contributed by atoms with Gasteiger partial charge in [-0.15, -0.1) is 0 Å². The SMILES string of the molecule is CC1Cc2cc(C(Br)c3ccc4c(c3)CCO4)ccc2O1. The molecular weight excluding hydrogens is 328 g/mol. The summed E-state index contributed by atoms with van der Waals surface area (Å²) in [5, 5.41) is 0. The standard InChI is InChI=1S/C18H17BrO2/c1-11-8-15-10-14(3-5-17(15)21-11)18(19)13-2-4-16-12(9-13)6-7-20-16/h2-5,9-11,18H,6-8H2,1H3. The number of fused-ring (bicyclic) bond motifs is 2. The van der Waals surface area contributed by atoms with Crippen molar-refractivity contribution in [2.45, 2.75) is 30.7 Å². The van der Waals surface area contributed by atoms with Gasteiger partial charge in [0, 0.05) is 12.8 Å². The molecule has 0 saturated heterocycles. The molecule has 2 heterocycles. The van der Waals surface area contributed by atoms with E-state index in [4.69, 9.17) is 9.47 Å². The molecule has 2 aromatic rings. The highest BCUT2D eigenvalue weighted by Gasteiger charge is 2.22. The van der Waals surface area contributed by atoms with E-state index < -0.39 is 0 Å².